The van der Waals surface area contributed by atoms with Gasteiger partial charge in [0.05, 0.1) is 6.20 Å². The van der Waals surface area contributed by atoms with Gasteiger partial charge in [-0.2, -0.15) is 5.10 Å². The van der Waals surface area contributed by atoms with Crippen LogP contribution in [0.15, 0.2) is 54.7 Å². The molecular weight excluding hydrogens is 290 g/mol. The average Bonchev–Trinajstić information content (AvgIpc) is 2.60. The minimum absolute atomic E-state index is 0.113. The number of anilines is 1. The maximum absolute atomic E-state index is 12.0. The van der Waals surface area contributed by atoms with E-state index in [1.807, 2.05) is 48.5 Å². The van der Waals surface area contributed by atoms with Gasteiger partial charge in [0.15, 0.2) is 6.61 Å². The highest BCUT2D eigenvalue weighted by atomic mass is 16.5. The van der Waals surface area contributed by atoms with Gasteiger partial charge >= 0.3 is 0 Å². The van der Waals surface area contributed by atoms with Gasteiger partial charge in [-0.15, -0.1) is 5.10 Å². The van der Waals surface area contributed by atoms with Crippen molar-refractivity contribution < 1.29 is 9.53 Å². The fraction of sp³-hybridized carbons (Fsp3) is 0.167. The first-order valence-electron chi connectivity index (χ1n) is 7.48. The Labute approximate surface area is 134 Å². The lowest BCUT2D eigenvalue weighted by atomic mass is 10.1. The van der Waals surface area contributed by atoms with Crippen LogP contribution in [-0.4, -0.2) is 22.7 Å². The van der Waals surface area contributed by atoms with E-state index in [4.69, 9.17) is 4.74 Å². The summed E-state index contributed by atoms with van der Waals surface area (Å²) < 4.78 is 5.51. The minimum Gasteiger partial charge on any atom is -0.466 e. The zero-order chi connectivity index (χ0) is 16.1. The van der Waals surface area contributed by atoms with Crippen LogP contribution in [0.25, 0.3) is 10.8 Å². The number of fused-ring (bicyclic) bond motifs is 1. The van der Waals surface area contributed by atoms with Crippen LogP contribution < -0.4 is 10.1 Å². The van der Waals surface area contributed by atoms with Gasteiger partial charge in [-0.05, 0) is 30.2 Å². The van der Waals surface area contributed by atoms with E-state index in [0.29, 0.717) is 5.88 Å². The normalized spacial score (nSPS) is 10.5. The third kappa shape index (κ3) is 3.63. The molecule has 23 heavy (non-hydrogen) atoms. The van der Waals surface area contributed by atoms with Gasteiger partial charge in [0, 0.05) is 16.5 Å². The van der Waals surface area contributed by atoms with E-state index in [-0.39, 0.29) is 12.5 Å². The second-order valence-corrected chi connectivity index (χ2v) is 5.12. The summed E-state index contributed by atoms with van der Waals surface area (Å²) >= 11 is 0. The number of benzene rings is 2. The van der Waals surface area contributed by atoms with Gasteiger partial charge in [-0.3, -0.25) is 4.79 Å². The summed E-state index contributed by atoms with van der Waals surface area (Å²) in [5, 5.41) is 12.4. The number of carbonyl (C=O) groups excluding carboxylic acids is 1. The van der Waals surface area contributed by atoms with Crippen molar-refractivity contribution in [3.63, 3.8) is 0 Å². The predicted octanol–water partition coefficient (Wildman–Crippen LogP) is 3.21. The molecule has 0 unspecified atom stereocenters. The molecule has 0 aliphatic rings. The maximum atomic E-state index is 12.0. The minimum atomic E-state index is -0.232. The molecule has 3 rings (SSSR count). The van der Waals surface area contributed by atoms with Crippen LogP contribution in [0, 0.1) is 0 Å². The summed E-state index contributed by atoms with van der Waals surface area (Å²) in [4.78, 5) is 12.0. The Hall–Kier alpha value is -2.95. The van der Waals surface area contributed by atoms with Crippen LogP contribution >= 0.6 is 0 Å². The molecule has 1 amide bonds. The second-order valence-electron chi connectivity index (χ2n) is 5.12. The van der Waals surface area contributed by atoms with Crippen molar-refractivity contribution >= 4 is 22.4 Å². The van der Waals surface area contributed by atoms with E-state index in [1.54, 1.807) is 6.20 Å². The number of hydrogen-bond donors (Lipinski definition) is 1. The number of carbonyl (C=O) groups is 1. The molecule has 1 heterocycles. The summed E-state index contributed by atoms with van der Waals surface area (Å²) in [7, 11) is 0. The summed E-state index contributed by atoms with van der Waals surface area (Å²) in [6.07, 6.45) is 2.63. The predicted molar refractivity (Wildman–Crippen MR) is 89.5 cm³/mol. The van der Waals surface area contributed by atoms with Crippen LogP contribution in [0.5, 0.6) is 5.88 Å². The molecule has 0 bridgehead atoms. The smallest absolute Gasteiger partial charge is 0.262 e. The Kier molecular flexibility index (Phi) is 4.47. The molecular formula is C18H17N3O2. The van der Waals surface area contributed by atoms with Crippen molar-refractivity contribution in [1.82, 2.24) is 10.2 Å². The Morgan fingerprint density at radius 3 is 2.70 bits per heavy atom. The van der Waals surface area contributed by atoms with Crippen molar-refractivity contribution in [2.45, 2.75) is 13.3 Å². The van der Waals surface area contributed by atoms with E-state index < -0.39 is 0 Å². The molecule has 5 nitrogen and oxygen atoms in total. The number of nitrogens with zero attached hydrogens (tertiary/aromatic N) is 2. The third-order valence-corrected chi connectivity index (χ3v) is 3.52. The molecule has 0 aliphatic heterocycles. The molecule has 0 saturated heterocycles. The topological polar surface area (TPSA) is 64.1 Å². The van der Waals surface area contributed by atoms with Crippen molar-refractivity contribution in [3.8, 4) is 5.88 Å². The van der Waals surface area contributed by atoms with Gasteiger partial charge in [0.25, 0.3) is 5.91 Å². The molecule has 5 heteroatoms. The van der Waals surface area contributed by atoms with Crippen molar-refractivity contribution in [2.24, 2.45) is 0 Å². The van der Waals surface area contributed by atoms with Crippen LogP contribution in [-0.2, 0) is 11.2 Å². The van der Waals surface area contributed by atoms with Gasteiger partial charge in [-0.25, -0.2) is 0 Å². The number of amides is 1. The largest absolute Gasteiger partial charge is 0.466 e. The fourth-order valence-electron chi connectivity index (χ4n) is 2.26. The molecule has 1 aromatic heterocycles. The van der Waals surface area contributed by atoms with E-state index in [9.17, 15) is 4.79 Å². The number of ether oxygens (including phenoxy) is 1. The zero-order valence-corrected chi connectivity index (χ0v) is 12.8. The van der Waals surface area contributed by atoms with Crippen molar-refractivity contribution in [2.75, 3.05) is 11.9 Å². The van der Waals surface area contributed by atoms with Crippen LogP contribution in [0.2, 0.25) is 0 Å². The first kappa shape index (κ1) is 15.0. The lowest BCUT2D eigenvalue weighted by Gasteiger charge is -2.08. The zero-order valence-electron chi connectivity index (χ0n) is 12.8. The molecule has 0 fully saturated rings. The molecule has 0 aliphatic carbocycles. The highest BCUT2D eigenvalue weighted by molar-refractivity contribution is 5.92. The molecule has 0 radical (unpaired) electrons. The Morgan fingerprint density at radius 1 is 1.13 bits per heavy atom. The summed E-state index contributed by atoms with van der Waals surface area (Å²) in [5.41, 5.74) is 1.98. The molecule has 3 aromatic rings. The summed E-state index contributed by atoms with van der Waals surface area (Å²) in [5.74, 6) is 0.128. The third-order valence-electron chi connectivity index (χ3n) is 3.52. The first-order chi connectivity index (χ1) is 11.3. The van der Waals surface area contributed by atoms with Gasteiger partial charge in [0.1, 0.15) is 0 Å². The summed E-state index contributed by atoms with van der Waals surface area (Å²) in [6.45, 7) is 1.98. The lowest BCUT2D eigenvalue weighted by molar-refractivity contribution is -0.118. The maximum Gasteiger partial charge on any atom is 0.262 e. The molecule has 1 N–H and O–H groups in total. The van der Waals surface area contributed by atoms with Crippen molar-refractivity contribution in [1.29, 1.82) is 0 Å². The standard InChI is InChI=1S/C18H17N3O2/c1-2-13-7-9-15(10-8-13)20-17(22)12-23-18-16-6-4-3-5-14(16)11-19-21-18/h3-11H,2,12H2,1H3,(H,20,22). The molecule has 0 saturated carbocycles. The number of aryl methyl sites for hydroxylation is 1. The molecule has 116 valence electrons. The Bertz CT molecular complexity index is 811. The van der Waals surface area contributed by atoms with Gasteiger partial charge in [-0.1, -0.05) is 37.3 Å². The van der Waals surface area contributed by atoms with Crippen LogP contribution in [0.4, 0.5) is 5.69 Å². The molecule has 0 atom stereocenters. The first-order valence-corrected chi connectivity index (χ1v) is 7.48. The quantitative estimate of drug-likeness (QED) is 0.786. The van der Waals surface area contributed by atoms with Gasteiger partial charge < -0.3 is 10.1 Å². The van der Waals surface area contributed by atoms with E-state index in [1.165, 1.54) is 5.56 Å². The Morgan fingerprint density at radius 2 is 1.91 bits per heavy atom. The van der Waals surface area contributed by atoms with E-state index in [2.05, 4.69) is 22.4 Å². The van der Waals surface area contributed by atoms with Crippen molar-refractivity contribution in [3.05, 3.63) is 60.3 Å². The van der Waals surface area contributed by atoms with Crippen LogP contribution in [0.1, 0.15) is 12.5 Å². The van der Waals surface area contributed by atoms with E-state index in [0.717, 1.165) is 22.9 Å². The average molecular weight is 307 g/mol. The highest BCUT2D eigenvalue weighted by Crippen LogP contribution is 2.21. The number of nitrogens with one attached hydrogen (secondary N) is 1. The second kappa shape index (κ2) is 6.87. The molecule has 2 aromatic carbocycles. The SMILES string of the molecule is CCc1ccc(NC(=O)COc2nncc3ccccc23)cc1. The lowest BCUT2D eigenvalue weighted by Crippen LogP contribution is -2.20. The summed E-state index contributed by atoms with van der Waals surface area (Å²) in [6, 6.07) is 15.4. The fourth-order valence-corrected chi connectivity index (χ4v) is 2.26. The monoisotopic (exact) mass is 307 g/mol. The van der Waals surface area contributed by atoms with Crippen LogP contribution in [0.3, 0.4) is 0 Å². The highest BCUT2D eigenvalue weighted by Gasteiger charge is 2.08. The van der Waals surface area contributed by atoms with E-state index >= 15 is 0 Å². The Balaban J connectivity index is 1.63. The van der Waals surface area contributed by atoms with Gasteiger partial charge in [0.2, 0.25) is 5.88 Å². The number of hydrogen-bond acceptors (Lipinski definition) is 4. The molecule has 0 spiro atoms. The number of rotatable bonds is 5. The number of aromatic nitrogens is 2.